The average Bonchev–Trinajstić information content (AvgIpc) is 2.34. The van der Waals surface area contributed by atoms with Crippen molar-refractivity contribution < 1.29 is 4.79 Å². The maximum atomic E-state index is 11.0. The lowest BCUT2D eigenvalue weighted by Crippen LogP contribution is -2.03. The lowest BCUT2D eigenvalue weighted by molar-refractivity contribution is -0.117. The summed E-state index contributed by atoms with van der Waals surface area (Å²) in [7, 11) is 0. The Morgan fingerprint density at radius 3 is 2.26 bits per heavy atom. The van der Waals surface area contributed by atoms with Crippen LogP contribution in [0.2, 0.25) is 0 Å². The van der Waals surface area contributed by atoms with E-state index in [0.717, 1.165) is 6.42 Å². The van der Waals surface area contributed by atoms with Crippen molar-refractivity contribution in [2.24, 2.45) is 5.41 Å². The Kier molecular flexibility index (Phi) is 10.6. The smallest absolute Gasteiger partial charge is 0.137 e. The second-order valence-electron chi connectivity index (χ2n) is 6.54. The van der Waals surface area contributed by atoms with Crippen molar-refractivity contribution in [3.05, 3.63) is 17.9 Å². The van der Waals surface area contributed by atoms with Crippen LogP contribution in [0.5, 0.6) is 0 Å². The summed E-state index contributed by atoms with van der Waals surface area (Å²) in [6, 6.07) is 0. The molecule has 110 valence electrons. The molecule has 19 heavy (non-hydrogen) atoms. The Balaban J connectivity index is 3.36. The Morgan fingerprint density at radius 1 is 1.00 bits per heavy atom. The molecule has 0 rings (SSSR count). The summed E-state index contributed by atoms with van der Waals surface area (Å²) in [5.41, 5.74) is 3.59. The largest absolute Gasteiger partial charge is 0.299 e. The van der Waals surface area contributed by atoms with E-state index in [1.165, 1.54) is 38.5 Å². The third kappa shape index (κ3) is 15.1. The number of unbranched alkanes of at least 4 members (excludes halogenated alkanes) is 5. The first-order valence-corrected chi connectivity index (χ1v) is 7.87. The fourth-order valence-corrected chi connectivity index (χ4v) is 1.92. The van der Waals surface area contributed by atoms with E-state index in [-0.39, 0.29) is 0 Å². The van der Waals surface area contributed by atoms with Crippen molar-refractivity contribution >= 4 is 5.78 Å². The first kappa shape index (κ1) is 18.2. The van der Waals surface area contributed by atoms with E-state index < -0.39 is 0 Å². The van der Waals surface area contributed by atoms with Crippen molar-refractivity contribution in [2.45, 2.75) is 85.5 Å². The quantitative estimate of drug-likeness (QED) is 0.357. The second-order valence-corrected chi connectivity index (χ2v) is 6.54. The number of ketones is 1. The molecule has 0 radical (unpaired) electrons. The predicted molar refractivity (Wildman–Crippen MR) is 84.3 cm³/mol. The summed E-state index contributed by atoms with van der Waals surface area (Å²) in [5, 5.41) is 0. The third-order valence-electron chi connectivity index (χ3n) is 3.24. The lowest BCUT2D eigenvalue weighted by atomic mass is 9.89. The van der Waals surface area contributed by atoms with Gasteiger partial charge in [-0.15, -0.1) is 5.73 Å². The van der Waals surface area contributed by atoms with Crippen LogP contribution < -0.4 is 0 Å². The van der Waals surface area contributed by atoms with Crippen molar-refractivity contribution in [1.82, 2.24) is 0 Å². The highest BCUT2D eigenvalue weighted by atomic mass is 16.1. The molecule has 0 saturated carbocycles. The van der Waals surface area contributed by atoms with Gasteiger partial charge in [-0.1, -0.05) is 53.4 Å². The summed E-state index contributed by atoms with van der Waals surface area (Å²) >= 11 is 0. The molecule has 0 N–H and O–H groups in total. The van der Waals surface area contributed by atoms with Crippen LogP contribution in [-0.4, -0.2) is 5.78 Å². The van der Waals surface area contributed by atoms with Crippen molar-refractivity contribution in [3.8, 4) is 0 Å². The van der Waals surface area contributed by atoms with E-state index in [0.29, 0.717) is 24.0 Å². The number of allylic oxidation sites excluding steroid dienone is 1. The predicted octanol–water partition coefficient (Wildman–Crippen LogP) is 5.84. The Bertz CT molecular complexity index is 287. The van der Waals surface area contributed by atoms with Crippen LogP contribution in [0.15, 0.2) is 17.9 Å². The zero-order valence-electron chi connectivity index (χ0n) is 13.4. The van der Waals surface area contributed by atoms with E-state index in [2.05, 4.69) is 32.6 Å². The first-order chi connectivity index (χ1) is 8.95. The first-order valence-electron chi connectivity index (χ1n) is 7.87. The van der Waals surface area contributed by atoms with Gasteiger partial charge in [-0.3, -0.25) is 4.79 Å². The van der Waals surface area contributed by atoms with Gasteiger partial charge in [-0.05, 0) is 36.8 Å². The molecule has 0 aliphatic carbocycles. The third-order valence-corrected chi connectivity index (χ3v) is 3.24. The fourth-order valence-electron chi connectivity index (χ4n) is 1.92. The SMILES string of the molecule is CCC(=O)CC=C=CCCCCCCCC(C)(C)C. The molecule has 0 aromatic rings. The molecule has 0 aliphatic heterocycles. The molecule has 0 heterocycles. The van der Waals surface area contributed by atoms with Crippen molar-refractivity contribution in [1.29, 1.82) is 0 Å². The zero-order valence-corrected chi connectivity index (χ0v) is 13.4. The van der Waals surface area contributed by atoms with Crippen LogP contribution in [0.3, 0.4) is 0 Å². The number of rotatable bonds is 10. The highest BCUT2D eigenvalue weighted by Gasteiger charge is 2.08. The van der Waals surface area contributed by atoms with E-state index in [9.17, 15) is 4.79 Å². The molecular weight excluding hydrogens is 232 g/mol. The van der Waals surface area contributed by atoms with Crippen LogP contribution >= 0.6 is 0 Å². The van der Waals surface area contributed by atoms with Gasteiger partial charge in [0, 0.05) is 12.8 Å². The minimum absolute atomic E-state index is 0.291. The van der Waals surface area contributed by atoms with Crippen LogP contribution in [0, 0.1) is 5.41 Å². The molecule has 0 aliphatic rings. The second kappa shape index (κ2) is 11.1. The highest BCUT2D eigenvalue weighted by molar-refractivity contribution is 5.79. The standard InChI is InChI=1S/C18H32O/c1-5-17(19)15-13-11-9-7-6-8-10-12-14-16-18(2,3)4/h9,13H,5-8,10,12,14-16H2,1-4H3. The van der Waals surface area contributed by atoms with Gasteiger partial charge in [-0.2, -0.15) is 0 Å². The van der Waals surface area contributed by atoms with E-state index in [1.807, 2.05) is 13.0 Å². The Labute approximate surface area is 120 Å². The van der Waals surface area contributed by atoms with E-state index >= 15 is 0 Å². The minimum atomic E-state index is 0.291. The van der Waals surface area contributed by atoms with Gasteiger partial charge in [0.1, 0.15) is 5.78 Å². The Morgan fingerprint density at radius 2 is 1.63 bits per heavy atom. The van der Waals surface area contributed by atoms with Gasteiger partial charge in [-0.25, -0.2) is 0 Å². The van der Waals surface area contributed by atoms with E-state index in [1.54, 1.807) is 0 Å². The van der Waals surface area contributed by atoms with Gasteiger partial charge in [0.25, 0.3) is 0 Å². The monoisotopic (exact) mass is 264 g/mol. The number of hydrogen-bond donors (Lipinski definition) is 0. The van der Waals surface area contributed by atoms with Gasteiger partial charge in [0.05, 0.1) is 0 Å². The summed E-state index contributed by atoms with van der Waals surface area (Å²) in [5.74, 6) is 0.291. The van der Waals surface area contributed by atoms with Crippen molar-refractivity contribution in [2.75, 3.05) is 0 Å². The topological polar surface area (TPSA) is 17.1 Å². The molecule has 1 nitrogen and oxygen atoms in total. The fraction of sp³-hybridized carbons (Fsp3) is 0.778. The maximum absolute atomic E-state index is 11.0. The molecule has 0 saturated heterocycles. The zero-order chi connectivity index (χ0) is 14.6. The highest BCUT2D eigenvalue weighted by Crippen LogP contribution is 2.22. The lowest BCUT2D eigenvalue weighted by Gasteiger charge is -2.17. The molecule has 0 atom stereocenters. The number of hydrogen-bond acceptors (Lipinski definition) is 1. The van der Waals surface area contributed by atoms with E-state index in [4.69, 9.17) is 0 Å². The normalized spacial score (nSPS) is 10.9. The summed E-state index contributed by atoms with van der Waals surface area (Å²) < 4.78 is 0. The number of carbonyl (C=O) groups is 1. The van der Waals surface area contributed by atoms with Gasteiger partial charge in [0.2, 0.25) is 0 Å². The number of carbonyl (C=O) groups excluding carboxylic acids is 1. The summed E-state index contributed by atoms with van der Waals surface area (Å²) in [4.78, 5) is 11.0. The van der Waals surface area contributed by atoms with Crippen LogP contribution in [0.1, 0.15) is 85.5 Å². The molecule has 0 bridgehead atoms. The molecule has 1 heteroatoms. The van der Waals surface area contributed by atoms with Crippen LogP contribution in [0.4, 0.5) is 0 Å². The Hall–Kier alpha value is -0.810. The maximum Gasteiger partial charge on any atom is 0.137 e. The molecule has 0 aromatic heterocycles. The van der Waals surface area contributed by atoms with Gasteiger partial charge >= 0.3 is 0 Å². The molecular formula is C18H32O. The molecule has 0 amide bonds. The van der Waals surface area contributed by atoms with Crippen LogP contribution in [-0.2, 0) is 4.79 Å². The summed E-state index contributed by atoms with van der Waals surface area (Å²) in [6.07, 6.45) is 14.2. The van der Waals surface area contributed by atoms with Gasteiger partial charge in [0.15, 0.2) is 0 Å². The number of Topliss-reactive ketones (excluding diaryl/α,β-unsaturated/α-hetero) is 1. The molecule has 0 unspecified atom stereocenters. The summed E-state index contributed by atoms with van der Waals surface area (Å²) in [6.45, 7) is 8.84. The van der Waals surface area contributed by atoms with Crippen molar-refractivity contribution in [3.63, 3.8) is 0 Å². The molecule has 0 aromatic carbocycles. The molecule has 0 spiro atoms. The minimum Gasteiger partial charge on any atom is -0.299 e. The average molecular weight is 264 g/mol. The van der Waals surface area contributed by atoms with Gasteiger partial charge < -0.3 is 0 Å². The molecule has 0 fully saturated rings. The van der Waals surface area contributed by atoms with Crippen LogP contribution in [0.25, 0.3) is 0 Å².